The molecule has 0 aliphatic heterocycles. The zero-order chi connectivity index (χ0) is 12.4. The summed E-state index contributed by atoms with van der Waals surface area (Å²) in [5.41, 5.74) is 0.915. The minimum atomic E-state index is -0.495. The van der Waals surface area contributed by atoms with Crippen LogP contribution in [0.2, 0.25) is 0 Å². The Bertz CT molecular complexity index is 530. The second kappa shape index (κ2) is 4.24. The number of anilines is 1. The molecule has 0 aliphatic carbocycles. The molecule has 0 unspecified atom stereocenters. The Morgan fingerprint density at radius 3 is 3.00 bits per heavy atom. The van der Waals surface area contributed by atoms with E-state index in [0.717, 1.165) is 5.56 Å². The largest absolute Gasteiger partial charge is 0.406 e. The first-order valence-electron chi connectivity index (χ1n) is 4.99. The average Bonchev–Trinajstić information content (AvgIpc) is 2.87. The third-order valence-corrected chi connectivity index (χ3v) is 2.49. The maximum absolute atomic E-state index is 10.8. The molecule has 2 heterocycles. The molecule has 0 amide bonds. The molecule has 2 rings (SSSR count). The third-order valence-electron chi connectivity index (χ3n) is 2.49. The van der Waals surface area contributed by atoms with Crippen LogP contribution in [0, 0.1) is 17.0 Å². The van der Waals surface area contributed by atoms with Crippen molar-refractivity contribution >= 4 is 11.6 Å². The van der Waals surface area contributed by atoms with E-state index in [0.29, 0.717) is 18.2 Å². The van der Waals surface area contributed by atoms with E-state index in [-0.39, 0.29) is 5.82 Å². The highest BCUT2D eigenvalue weighted by atomic mass is 16.6. The first kappa shape index (κ1) is 11.1. The number of imidazole rings is 1. The lowest BCUT2D eigenvalue weighted by Crippen LogP contribution is -2.05. The summed E-state index contributed by atoms with van der Waals surface area (Å²) in [5.74, 6) is 0.827. The minimum absolute atomic E-state index is 0.159. The molecule has 0 spiro atoms. The molecule has 8 nitrogen and oxygen atoms in total. The molecule has 90 valence electrons. The topological polar surface area (TPSA) is 102 Å². The molecular weight excluding hydrogens is 224 g/mol. The fourth-order valence-corrected chi connectivity index (χ4v) is 1.48. The quantitative estimate of drug-likeness (QED) is 0.608. The summed E-state index contributed by atoms with van der Waals surface area (Å²) in [6.07, 6.45) is 3.38. The lowest BCUT2D eigenvalue weighted by molar-refractivity contribution is -0.388. The van der Waals surface area contributed by atoms with Gasteiger partial charge in [0.05, 0.1) is 6.20 Å². The number of hydrogen-bond donors (Lipinski definition) is 2. The normalized spacial score (nSPS) is 10.5. The maximum atomic E-state index is 10.8. The average molecular weight is 236 g/mol. The molecule has 17 heavy (non-hydrogen) atoms. The lowest BCUT2D eigenvalue weighted by Gasteiger charge is -2.04. The second-order valence-electron chi connectivity index (χ2n) is 3.61. The van der Waals surface area contributed by atoms with Crippen molar-refractivity contribution in [3.05, 3.63) is 33.9 Å². The summed E-state index contributed by atoms with van der Waals surface area (Å²) in [6, 6.07) is 0. The van der Waals surface area contributed by atoms with Gasteiger partial charge in [-0.3, -0.25) is 9.67 Å². The van der Waals surface area contributed by atoms with Crippen LogP contribution in [-0.2, 0) is 13.6 Å². The van der Waals surface area contributed by atoms with Gasteiger partial charge in [-0.1, -0.05) is 0 Å². The number of rotatable bonds is 4. The van der Waals surface area contributed by atoms with Crippen molar-refractivity contribution in [2.45, 2.75) is 13.5 Å². The van der Waals surface area contributed by atoms with Crippen molar-refractivity contribution in [1.82, 2.24) is 19.7 Å². The van der Waals surface area contributed by atoms with Crippen LogP contribution in [0.15, 0.2) is 12.4 Å². The van der Waals surface area contributed by atoms with Gasteiger partial charge in [0.1, 0.15) is 0 Å². The summed E-state index contributed by atoms with van der Waals surface area (Å²) in [5, 5.41) is 20.3. The summed E-state index contributed by atoms with van der Waals surface area (Å²) < 4.78 is 1.65. The van der Waals surface area contributed by atoms with E-state index in [2.05, 4.69) is 20.5 Å². The van der Waals surface area contributed by atoms with Crippen LogP contribution in [0.4, 0.5) is 11.6 Å². The Hall–Kier alpha value is -2.38. The van der Waals surface area contributed by atoms with E-state index in [9.17, 15) is 10.1 Å². The monoisotopic (exact) mass is 236 g/mol. The number of nitrogens with zero attached hydrogens (tertiary/aromatic N) is 4. The molecule has 2 aromatic heterocycles. The second-order valence-corrected chi connectivity index (χ2v) is 3.61. The van der Waals surface area contributed by atoms with E-state index in [4.69, 9.17) is 0 Å². The molecule has 0 aliphatic rings. The van der Waals surface area contributed by atoms with Crippen molar-refractivity contribution in [2.24, 2.45) is 7.05 Å². The molecule has 8 heteroatoms. The van der Waals surface area contributed by atoms with E-state index >= 15 is 0 Å². The minimum Gasteiger partial charge on any atom is -0.360 e. The highest BCUT2D eigenvalue weighted by Gasteiger charge is 2.23. The first-order valence-corrected chi connectivity index (χ1v) is 4.99. The number of H-pyrrole nitrogens is 1. The number of hydrogen-bond acceptors (Lipinski definition) is 5. The van der Waals surface area contributed by atoms with E-state index < -0.39 is 4.92 Å². The summed E-state index contributed by atoms with van der Waals surface area (Å²) in [7, 11) is 1.73. The van der Waals surface area contributed by atoms with Gasteiger partial charge in [-0.05, 0) is 9.91 Å². The van der Waals surface area contributed by atoms with E-state index in [1.807, 2.05) is 0 Å². The van der Waals surface area contributed by atoms with E-state index in [1.165, 1.54) is 0 Å². The number of aromatic nitrogens is 4. The van der Waals surface area contributed by atoms with Gasteiger partial charge >= 0.3 is 5.82 Å². The van der Waals surface area contributed by atoms with Gasteiger partial charge in [-0.15, -0.1) is 0 Å². The Balaban J connectivity index is 2.22. The van der Waals surface area contributed by atoms with Crippen molar-refractivity contribution in [1.29, 1.82) is 0 Å². The summed E-state index contributed by atoms with van der Waals surface area (Å²) >= 11 is 0. The fourth-order valence-electron chi connectivity index (χ4n) is 1.48. The molecule has 0 saturated heterocycles. The maximum Gasteiger partial charge on any atom is 0.406 e. The Kier molecular flexibility index (Phi) is 2.77. The van der Waals surface area contributed by atoms with Gasteiger partial charge < -0.3 is 15.4 Å². The Morgan fingerprint density at radius 1 is 1.65 bits per heavy atom. The molecule has 0 saturated carbocycles. The number of aromatic amines is 1. The van der Waals surface area contributed by atoms with Gasteiger partial charge in [0, 0.05) is 32.3 Å². The zero-order valence-electron chi connectivity index (χ0n) is 9.47. The van der Waals surface area contributed by atoms with Crippen LogP contribution in [-0.4, -0.2) is 24.7 Å². The highest BCUT2D eigenvalue weighted by Crippen LogP contribution is 2.24. The van der Waals surface area contributed by atoms with Gasteiger partial charge in [0.15, 0.2) is 0 Å². The van der Waals surface area contributed by atoms with Crippen molar-refractivity contribution in [3.8, 4) is 0 Å². The number of nitrogens with one attached hydrogen (secondary N) is 2. The standard InChI is InChI=1S/C9H12N6O2/c1-6-13-9(15(16)17)8(14(6)2)10-3-7-4-11-12-5-7/h4-5,10H,3H2,1-2H3,(H,11,12). The van der Waals surface area contributed by atoms with Crippen molar-refractivity contribution in [2.75, 3.05) is 5.32 Å². The highest BCUT2D eigenvalue weighted by molar-refractivity contribution is 5.53. The Morgan fingerprint density at radius 2 is 2.41 bits per heavy atom. The first-order chi connectivity index (χ1) is 8.09. The predicted octanol–water partition coefficient (Wildman–Crippen LogP) is 0.972. The van der Waals surface area contributed by atoms with Crippen LogP contribution in [0.5, 0.6) is 0 Å². The van der Waals surface area contributed by atoms with Crippen LogP contribution < -0.4 is 5.32 Å². The van der Waals surface area contributed by atoms with Crippen LogP contribution in [0.1, 0.15) is 11.4 Å². The summed E-state index contributed by atoms with van der Waals surface area (Å²) in [6.45, 7) is 2.17. The molecule has 0 radical (unpaired) electrons. The smallest absolute Gasteiger partial charge is 0.360 e. The molecule has 0 aromatic carbocycles. The van der Waals surface area contributed by atoms with Crippen molar-refractivity contribution in [3.63, 3.8) is 0 Å². The van der Waals surface area contributed by atoms with Crippen molar-refractivity contribution < 1.29 is 4.92 Å². The van der Waals surface area contributed by atoms with Gasteiger partial charge in [0.2, 0.25) is 11.6 Å². The number of aryl methyl sites for hydroxylation is 1. The molecular formula is C9H12N6O2. The molecule has 2 N–H and O–H groups in total. The van der Waals surface area contributed by atoms with Crippen LogP contribution in [0.3, 0.4) is 0 Å². The zero-order valence-corrected chi connectivity index (χ0v) is 9.47. The lowest BCUT2D eigenvalue weighted by atomic mass is 10.3. The van der Waals surface area contributed by atoms with Gasteiger partial charge in [-0.2, -0.15) is 5.10 Å². The summed E-state index contributed by atoms with van der Waals surface area (Å²) in [4.78, 5) is 14.2. The van der Waals surface area contributed by atoms with E-state index in [1.54, 1.807) is 30.9 Å². The molecule has 2 aromatic rings. The van der Waals surface area contributed by atoms with Gasteiger partial charge in [-0.25, -0.2) is 0 Å². The molecule has 0 atom stereocenters. The predicted molar refractivity (Wildman–Crippen MR) is 60.5 cm³/mol. The Labute approximate surface area is 96.8 Å². The fraction of sp³-hybridized carbons (Fsp3) is 0.333. The van der Waals surface area contributed by atoms with Gasteiger partial charge in [0.25, 0.3) is 0 Å². The third kappa shape index (κ3) is 2.10. The SMILES string of the molecule is Cc1nc([N+](=O)[O-])c(NCc2cn[nH]c2)n1C. The van der Waals surface area contributed by atoms with Crippen LogP contribution in [0.25, 0.3) is 0 Å². The molecule has 0 fully saturated rings. The molecule has 0 bridgehead atoms. The number of nitro groups is 1. The van der Waals surface area contributed by atoms with Crippen LogP contribution >= 0.6 is 0 Å².